The molecule has 1 aromatic carbocycles. The van der Waals surface area contributed by atoms with Crippen LogP contribution in [-0.4, -0.2) is 43.6 Å². The first-order valence-corrected chi connectivity index (χ1v) is 9.24. The van der Waals surface area contributed by atoms with Crippen LogP contribution >= 0.6 is 34.8 Å². The van der Waals surface area contributed by atoms with Gasteiger partial charge in [0.05, 0.1) is 10.6 Å². The van der Waals surface area contributed by atoms with Crippen LogP contribution < -0.4 is 15.4 Å². The number of alkyl halides is 2. The van der Waals surface area contributed by atoms with E-state index in [1.807, 2.05) is 0 Å². The van der Waals surface area contributed by atoms with E-state index >= 15 is 0 Å². The Balaban J connectivity index is 1.97. The van der Waals surface area contributed by atoms with Crippen molar-refractivity contribution in [2.75, 3.05) is 10.6 Å². The maximum atomic E-state index is 12.8. The number of pyridine rings is 1. The molecule has 0 atom stereocenters. The van der Waals surface area contributed by atoms with Gasteiger partial charge in [0.2, 0.25) is 5.95 Å². The van der Waals surface area contributed by atoms with E-state index in [-0.39, 0.29) is 38.1 Å². The van der Waals surface area contributed by atoms with E-state index in [1.165, 1.54) is 23.9 Å². The van der Waals surface area contributed by atoms with Gasteiger partial charge in [-0.1, -0.05) is 39.9 Å². The molecule has 2 amide bonds. The van der Waals surface area contributed by atoms with Crippen molar-refractivity contribution in [1.82, 2.24) is 25.2 Å². The molecule has 0 unspecified atom stereocenters. The van der Waals surface area contributed by atoms with Crippen molar-refractivity contribution in [3.8, 4) is 5.75 Å². The molecule has 0 spiro atoms. The number of hydrogen-bond donors (Lipinski definition) is 2. The van der Waals surface area contributed by atoms with Gasteiger partial charge < -0.3 is 10.1 Å². The van der Waals surface area contributed by atoms with Crippen LogP contribution in [0.3, 0.4) is 0 Å². The lowest BCUT2D eigenvalue weighted by Gasteiger charge is -2.16. The molecule has 31 heavy (non-hydrogen) atoms. The summed E-state index contributed by atoms with van der Waals surface area (Å²) in [4.78, 5) is 28.9. The summed E-state index contributed by atoms with van der Waals surface area (Å²) in [5, 5.41) is 14.7. The topological polar surface area (TPSA) is 124 Å². The number of aryl methyl sites for hydroxylation is 1. The van der Waals surface area contributed by atoms with Crippen LogP contribution in [0.25, 0.3) is 0 Å². The summed E-state index contributed by atoms with van der Waals surface area (Å²) in [7, 11) is 1.48. The summed E-state index contributed by atoms with van der Waals surface area (Å²) >= 11 is 17.8. The molecule has 162 valence electrons. The average molecular weight is 493 g/mol. The fourth-order valence-electron chi connectivity index (χ4n) is 2.33. The highest BCUT2D eigenvalue weighted by Crippen LogP contribution is 2.37. The van der Waals surface area contributed by atoms with Crippen molar-refractivity contribution in [1.29, 1.82) is 0 Å². The van der Waals surface area contributed by atoms with Crippen molar-refractivity contribution in [3.63, 3.8) is 0 Å². The zero-order chi connectivity index (χ0) is 22.7. The maximum Gasteiger partial charge on any atom is 0.387 e. The number of benzene rings is 1. The molecule has 10 nitrogen and oxygen atoms in total. The highest BCUT2D eigenvalue weighted by molar-refractivity contribution is 6.38. The van der Waals surface area contributed by atoms with Crippen molar-refractivity contribution in [2.45, 2.75) is 6.61 Å². The van der Waals surface area contributed by atoms with Gasteiger partial charge in [-0.05, 0) is 34.7 Å². The Labute approximate surface area is 187 Å². The number of anilines is 2. The van der Waals surface area contributed by atoms with E-state index in [0.29, 0.717) is 0 Å². The molecular weight excluding hydrogens is 483 g/mol. The van der Waals surface area contributed by atoms with Gasteiger partial charge in [0, 0.05) is 12.6 Å². The lowest BCUT2D eigenvalue weighted by atomic mass is 10.1. The first-order chi connectivity index (χ1) is 14.7. The minimum atomic E-state index is -3.22. The molecule has 0 aliphatic carbocycles. The zero-order valence-corrected chi connectivity index (χ0v) is 17.5. The number of nitrogens with zero attached hydrogens (tertiary/aromatic N) is 5. The Morgan fingerprint density at radius 3 is 2.35 bits per heavy atom. The third-order valence-electron chi connectivity index (χ3n) is 3.67. The first kappa shape index (κ1) is 22.6. The van der Waals surface area contributed by atoms with E-state index in [4.69, 9.17) is 34.8 Å². The quantitative estimate of drug-likeness (QED) is 0.503. The number of hydrogen-bond acceptors (Lipinski definition) is 7. The summed E-state index contributed by atoms with van der Waals surface area (Å²) in [5.41, 5.74) is -0.587. The summed E-state index contributed by atoms with van der Waals surface area (Å²) < 4.78 is 31.2. The number of ether oxygens (including phenoxy) is 1. The summed E-state index contributed by atoms with van der Waals surface area (Å²) in [5.74, 6) is -2.06. The number of nitrogens with one attached hydrogen (secondary N) is 2. The largest absolute Gasteiger partial charge is 0.433 e. The molecule has 0 radical (unpaired) electrons. The zero-order valence-electron chi connectivity index (χ0n) is 15.2. The Bertz CT molecular complexity index is 1140. The number of aromatic nitrogens is 5. The van der Waals surface area contributed by atoms with Crippen molar-refractivity contribution < 1.29 is 23.1 Å². The van der Waals surface area contributed by atoms with Gasteiger partial charge in [0.25, 0.3) is 11.8 Å². The van der Waals surface area contributed by atoms with E-state index in [0.717, 1.165) is 12.1 Å². The Morgan fingerprint density at radius 2 is 1.77 bits per heavy atom. The number of amides is 2. The fourth-order valence-corrected chi connectivity index (χ4v) is 3.08. The molecule has 0 saturated carbocycles. The number of tetrazole rings is 1. The van der Waals surface area contributed by atoms with Crippen LogP contribution in [0.4, 0.5) is 20.4 Å². The lowest BCUT2D eigenvalue weighted by molar-refractivity contribution is -0.0493. The van der Waals surface area contributed by atoms with Crippen molar-refractivity contribution in [3.05, 3.63) is 50.7 Å². The number of halogens is 5. The second-order valence-corrected chi connectivity index (χ2v) is 6.87. The number of rotatable bonds is 6. The molecule has 2 heterocycles. The molecule has 0 saturated heterocycles. The fraction of sp³-hybridized carbons (Fsp3) is 0.125. The molecule has 0 aliphatic heterocycles. The maximum absolute atomic E-state index is 12.8. The molecule has 0 bridgehead atoms. The Hall–Kier alpha value is -3.09. The standard InChI is InChI=1S/C16H10Cl3F2N7O3/c1-28-16(25-26-27-28)24-14(30)7-2-3-8(31-15(20)21)12(11(7)19)23-13(29)6-4-9(17)22-10(18)5-6/h2-5,15H,1H3,(H,23,29)(H,24,25,27,30). The predicted octanol–water partition coefficient (Wildman–Crippen LogP) is 3.67. The van der Waals surface area contributed by atoms with Gasteiger partial charge in [-0.25, -0.2) is 9.67 Å². The molecule has 3 aromatic rings. The Kier molecular flexibility index (Phi) is 6.83. The van der Waals surface area contributed by atoms with Gasteiger partial charge in [-0.15, -0.1) is 0 Å². The van der Waals surface area contributed by atoms with Crippen LogP contribution in [0.1, 0.15) is 20.7 Å². The van der Waals surface area contributed by atoms with Gasteiger partial charge in [0.1, 0.15) is 16.0 Å². The molecular formula is C16H10Cl3F2N7O3. The average Bonchev–Trinajstić information content (AvgIpc) is 3.07. The van der Waals surface area contributed by atoms with Crippen molar-refractivity contribution >= 4 is 58.3 Å². The highest BCUT2D eigenvalue weighted by atomic mass is 35.5. The van der Waals surface area contributed by atoms with Gasteiger partial charge in [-0.2, -0.15) is 8.78 Å². The SMILES string of the molecule is Cn1nnnc1NC(=O)c1ccc(OC(F)F)c(NC(=O)c2cc(Cl)nc(Cl)c2)c1Cl. The highest BCUT2D eigenvalue weighted by Gasteiger charge is 2.23. The molecule has 15 heteroatoms. The third kappa shape index (κ3) is 5.34. The van der Waals surface area contributed by atoms with Crippen LogP contribution in [0.2, 0.25) is 15.3 Å². The first-order valence-electron chi connectivity index (χ1n) is 8.11. The molecule has 3 rings (SSSR count). The lowest BCUT2D eigenvalue weighted by Crippen LogP contribution is -2.19. The summed E-state index contributed by atoms with van der Waals surface area (Å²) in [6, 6.07) is 4.57. The van der Waals surface area contributed by atoms with Crippen LogP contribution in [-0.2, 0) is 7.05 Å². The van der Waals surface area contributed by atoms with Gasteiger partial charge >= 0.3 is 6.61 Å². The monoisotopic (exact) mass is 491 g/mol. The van der Waals surface area contributed by atoms with E-state index < -0.39 is 24.2 Å². The van der Waals surface area contributed by atoms with E-state index in [1.54, 1.807) is 0 Å². The molecule has 0 aliphatic rings. The minimum Gasteiger partial charge on any atom is -0.433 e. The smallest absolute Gasteiger partial charge is 0.387 e. The van der Waals surface area contributed by atoms with E-state index in [2.05, 4.69) is 35.9 Å². The minimum absolute atomic E-state index is 0.000582. The van der Waals surface area contributed by atoms with Crippen LogP contribution in [0.15, 0.2) is 24.3 Å². The second kappa shape index (κ2) is 9.37. The van der Waals surface area contributed by atoms with Crippen LogP contribution in [0.5, 0.6) is 5.75 Å². The van der Waals surface area contributed by atoms with Crippen LogP contribution in [0, 0.1) is 0 Å². The van der Waals surface area contributed by atoms with Gasteiger partial charge in [0.15, 0.2) is 5.75 Å². The molecule has 0 fully saturated rings. The molecule has 2 aromatic heterocycles. The van der Waals surface area contributed by atoms with E-state index in [9.17, 15) is 18.4 Å². The number of carbonyl (C=O) groups is 2. The normalized spacial score (nSPS) is 10.8. The Morgan fingerprint density at radius 1 is 1.10 bits per heavy atom. The summed E-state index contributed by atoms with van der Waals surface area (Å²) in [6.45, 7) is -3.22. The van der Waals surface area contributed by atoms with Gasteiger partial charge in [-0.3, -0.25) is 14.9 Å². The molecule has 2 N–H and O–H groups in total. The third-order valence-corrected chi connectivity index (χ3v) is 4.45. The van der Waals surface area contributed by atoms with Crippen molar-refractivity contribution in [2.24, 2.45) is 7.05 Å². The summed E-state index contributed by atoms with van der Waals surface area (Å²) in [6.07, 6.45) is 0. The number of carbonyl (C=O) groups excluding carboxylic acids is 2. The predicted molar refractivity (Wildman–Crippen MR) is 107 cm³/mol. The second-order valence-electron chi connectivity index (χ2n) is 5.71.